The van der Waals surface area contributed by atoms with Crippen molar-refractivity contribution in [1.82, 2.24) is 4.98 Å². The Morgan fingerprint density at radius 2 is 2.12 bits per heavy atom. The summed E-state index contributed by atoms with van der Waals surface area (Å²) in [5, 5.41) is 12.8. The third-order valence-corrected chi connectivity index (χ3v) is 2.31. The molecule has 1 heterocycles. The Balaban J connectivity index is 2.51. The van der Waals surface area contributed by atoms with Crippen molar-refractivity contribution >= 4 is 11.5 Å². The molecule has 1 aromatic rings. The number of anilines is 2. The second-order valence-electron chi connectivity index (χ2n) is 4.55. The molecule has 0 radical (unpaired) electrons. The zero-order valence-electron chi connectivity index (χ0n) is 10.2. The molecule has 1 unspecified atom stereocenters. The molecule has 0 amide bonds. The number of hydrogen-bond acceptors (Lipinski definition) is 4. The molecular weight excluding hydrogens is 202 g/mol. The predicted octanol–water partition coefficient (Wildman–Crippen LogP) is 1.79. The summed E-state index contributed by atoms with van der Waals surface area (Å²) in [5.74, 6) is 1.14. The van der Waals surface area contributed by atoms with Crippen molar-refractivity contribution in [3.8, 4) is 0 Å². The van der Waals surface area contributed by atoms with Crippen molar-refractivity contribution in [3.05, 3.63) is 17.8 Å². The Morgan fingerprint density at radius 1 is 1.44 bits per heavy atom. The maximum absolute atomic E-state index is 9.71. The summed E-state index contributed by atoms with van der Waals surface area (Å²) in [7, 11) is 0. The van der Waals surface area contributed by atoms with Crippen LogP contribution in [-0.2, 0) is 0 Å². The highest BCUT2D eigenvalue weighted by Crippen LogP contribution is 2.15. The van der Waals surface area contributed by atoms with Crippen molar-refractivity contribution in [2.45, 2.75) is 33.3 Å². The van der Waals surface area contributed by atoms with Gasteiger partial charge in [0.1, 0.15) is 5.82 Å². The SMILES string of the molecule is Cc1ccc(N)c(NCC(O)CC(C)C)n1. The number of nitrogens with one attached hydrogen (secondary N) is 1. The lowest BCUT2D eigenvalue weighted by Crippen LogP contribution is -2.22. The van der Waals surface area contributed by atoms with Crippen LogP contribution in [0.5, 0.6) is 0 Å². The summed E-state index contributed by atoms with van der Waals surface area (Å²) < 4.78 is 0. The van der Waals surface area contributed by atoms with Crippen LogP contribution in [-0.4, -0.2) is 22.7 Å². The number of rotatable bonds is 5. The van der Waals surface area contributed by atoms with Crippen LogP contribution in [0, 0.1) is 12.8 Å². The van der Waals surface area contributed by atoms with Gasteiger partial charge in [-0.3, -0.25) is 0 Å². The highest BCUT2D eigenvalue weighted by molar-refractivity contribution is 5.61. The number of nitrogens with zero attached hydrogens (tertiary/aromatic N) is 1. The molecule has 4 N–H and O–H groups in total. The van der Waals surface area contributed by atoms with E-state index >= 15 is 0 Å². The van der Waals surface area contributed by atoms with Gasteiger partial charge in [-0.1, -0.05) is 13.8 Å². The molecular formula is C12H21N3O. The van der Waals surface area contributed by atoms with E-state index in [1.807, 2.05) is 19.1 Å². The Hall–Kier alpha value is -1.29. The Kier molecular flexibility index (Phi) is 4.55. The normalized spacial score (nSPS) is 12.8. The molecule has 0 aliphatic heterocycles. The number of aryl methyl sites for hydroxylation is 1. The number of aliphatic hydroxyl groups is 1. The van der Waals surface area contributed by atoms with Gasteiger partial charge in [0.25, 0.3) is 0 Å². The zero-order chi connectivity index (χ0) is 12.1. The van der Waals surface area contributed by atoms with E-state index in [1.165, 1.54) is 0 Å². The lowest BCUT2D eigenvalue weighted by molar-refractivity contribution is 0.161. The van der Waals surface area contributed by atoms with E-state index in [2.05, 4.69) is 24.1 Å². The van der Waals surface area contributed by atoms with Crippen LogP contribution in [0.2, 0.25) is 0 Å². The average Bonchev–Trinajstić information content (AvgIpc) is 2.18. The van der Waals surface area contributed by atoms with E-state index in [0.717, 1.165) is 12.1 Å². The van der Waals surface area contributed by atoms with Crippen molar-refractivity contribution in [3.63, 3.8) is 0 Å². The minimum absolute atomic E-state index is 0.360. The van der Waals surface area contributed by atoms with Crippen molar-refractivity contribution in [2.24, 2.45) is 5.92 Å². The van der Waals surface area contributed by atoms with Gasteiger partial charge in [0.15, 0.2) is 0 Å². The van der Waals surface area contributed by atoms with Gasteiger partial charge in [0.2, 0.25) is 0 Å². The number of pyridine rings is 1. The minimum Gasteiger partial charge on any atom is -0.396 e. The summed E-state index contributed by atoms with van der Waals surface area (Å²) in [5.41, 5.74) is 7.30. The maximum Gasteiger partial charge on any atom is 0.149 e. The molecule has 0 bridgehead atoms. The van der Waals surface area contributed by atoms with Gasteiger partial charge in [0.05, 0.1) is 11.8 Å². The Labute approximate surface area is 96.9 Å². The molecule has 0 spiro atoms. The highest BCUT2D eigenvalue weighted by atomic mass is 16.3. The molecule has 0 saturated heterocycles. The number of nitrogen functional groups attached to an aromatic ring is 1. The molecule has 4 heteroatoms. The second kappa shape index (κ2) is 5.70. The molecule has 1 aromatic heterocycles. The maximum atomic E-state index is 9.71. The third kappa shape index (κ3) is 4.06. The van der Waals surface area contributed by atoms with E-state index in [-0.39, 0.29) is 6.10 Å². The molecule has 0 aromatic carbocycles. The van der Waals surface area contributed by atoms with Gasteiger partial charge in [-0.25, -0.2) is 4.98 Å². The first-order valence-corrected chi connectivity index (χ1v) is 5.64. The Morgan fingerprint density at radius 3 is 2.75 bits per heavy atom. The summed E-state index contributed by atoms with van der Waals surface area (Å²) in [4.78, 5) is 4.28. The minimum atomic E-state index is -0.360. The number of hydrogen-bond donors (Lipinski definition) is 3. The largest absolute Gasteiger partial charge is 0.396 e. The van der Waals surface area contributed by atoms with E-state index < -0.39 is 0 Å². The summed E-state index contributed by atoms with van der Waals surface area (Å²) in [6.07, 6.45) is 0.417. The van der Waals surface area contributed by atoms with Crippen LogP contribution in [0.3, 0.4) is 0 Å². The average molecular weight is 223 g/mol. The van der Waals surface area contributed by atoms with Crippen molar-refractivity contribution in [1.29, 1.82) is 0 Å². The molecule has 0 saturated carbocycles. The molecule has 0 aliphatic carbocycles. The fourth-order valence-electron chi connectivity index (χ4n) is 1.55. The highest BCUT2D eigenvalue weighted by Gasteiger charge is 2.08. The quantitative estimate of drug-likeness (QED) is 0.711. The topological polar surface area (TPSA) is 71.2 Å². The molecule has 90 valence electrons. The van der Waals surface area contributed by atoms with Crippen LogP contribution >= 0.6 is 0 Å². The standard InChI is InChI=1S/C12H21N3O/c1-8(2)6-10(16)7-14-12-11(13)5-4-9(3)15-12/h4-5,8,10,16H,6-7,13H2,1-3H3,(H,14,15). The fraction of sp³-hybridized carbons (Fsp3) is 0.583. The zero-order valence-corrected chi connectivity index (χ0v) is 10.2. The van der Waals surface area contributed by atoms with Crippen LogP contribution in [0.15, 0.2) is 12.1 Å². The monoisotopic (exact) mass is 223 g/mol. The van der Waals surface area contributed by atoms with Gasteiger partial charge >= 0.3 is 0 Å². The lowest BCUT2D eigenvalue weighted by Gasteiger charge is -2.15. The number of nitrogens with two attached hydrogens (primary N) is 1. The number of aliphatic hydroxyl groups excluding tert-OH is 1. The van der Waals surface area contributed by atoms with Gasteiger partial charge < -0.3 is 16.2 Å². The van der Waals surface area contributed by atoms with Crippen LogP contribution in [0.1, 0.15) is 26.0 Å². The second-order valence-corrected chi connectivity index (χ2v) is 4.55. The van der Waals surface area contributed by atoms with E-state index in [0.29, 0.717) is 24.0 Å². The van der Waals surface area contributed by atoms with Crippen molar-refractivity contribution in [2.75, 3.05) is 17.6 Å². The van der Waals surface area contributed by atoms with Gasteiger partial charge in [-0.2, -0.15) is 0 Å². The van der Waals surface area contributed by atoms with Crippen molar-refractivity contribution < 1.29 is 5.11 Å². The van der Waals surface area contributed by atoms with E-state index in [4.69, 9.17) is 5.73 Å². The predicted molar refractivity (Wildman–Crippen MR) is 67.3 cm³/mol. The molecule has 1 rings (SSSR count). The molecule has 0 fully saturated rings. The lowest BCUT2D eigenvalue weighted by atomic mass is 10.1. The molecule has 1 atom stereocenters. The van der Waals surface area contributed by atoms with Crippen LogP contribution in [0.25, 0.3) is 0 Å². The first kappa shape index (κ1) is 12.8. The van der Waals surface area contributed by atoms with E-state index in [1.54, 1.807) is 0 Å². The van der Waals surface area contributed by atoms with Crippen LogP contribution in [0.4, 0.5) is 11.5 Å². The Bertz CT molecular complexity index is 339. The number of aromatic nitrogens is 1. The van der Waals surface area contributed by atoms with Gasteiger partial charge in [-0.05, 0) is 31.4 Å². The fourth-order valence-corrected chi connectivity index (χ4v) is 1.55. The summed E-state index contributed by atoms with van der Waals surface area (Å²) >= 11 is 0. The summed E-state index contributed by atoms with van der Waals surface area (Å²) in [6.45, 7) is 6.57. The van der Waals surface area contributed by atoms with Crippen LogP contribution < -0.4 is 11.1 Å². The summed E-state index contributed by atoms with van der Waals surface area (Å²) in [6, 6.07) is 3.69. The third-order valence-electron chi connectivity index (χ3n) is 2.31. The van der Waals surface area contributed by atoms with Gasteiger partial charge in [-0.15, -0.1) is 0 Å². The molecule has 0 aliphatic rings. The first-order chi connectivity index (χ1) is 7.49. The smallest absolute Gasteiger partial charge is 0.149 e. The first-order valence-electron chi connectivity index (χ1n) is 5.64. The van der Waals surface area contributed by atoms with E-state index in [9.17, 15) is 5.11 Å². The molecule has 16 heavy (non-hydrogen) atoms. The van der Waals surface area contributed by atoms with Gasteiger partial charge in [0, 0.05) is 12.2 Å². The molecule has 4 nitrogen and oxygen atoms in total.